The van der Waals surface area contributed by atoms with Crippen LogP contribution in [0, 0.1) is 17.8 Å². The maximum Gasteiger partial charge on any atom is 0.471 e. The van der Waals surface area contributed by atoms with Gasteiger partial charge >= 0.3 is 18.1 Å². The Balaban J connectivity index is 2.41. The van der Waals surface area contributed by atoms with Gasteiger partial charge in [-0.15, -0.1) is 0 Å². The molecule has 139 heavy (non-hydrogen) atoms. The Labute approximate surface area is 858 Å². The van der Waals surface area contributed by atoms with Crippen molar-refractivity contribution in [1.29, 1.82) is 0 Å². The van der Waals surface area contributed by atoms with Crippen molar-refractivity contribution in [3.63, 3.8) is 0 Å². The summed E-state index contributed by atoms with van der Waals surface area (Å²) in [7, 11) is -23.1. The predicted molar refractivity (Wildman–Crippen MR) is 598 cm³/mol. The lowest BCUT2D eigenvalue weighted by molar-refractivity contribution is -0.276. The third-order valence-electron chi connectivity index (χ3n) is 33.7. The number of amides is 1. The van der Waals surface area contributed by atoms with Crippen molar-refractivity contribution >= 4 is 104 Å². The highest BCUT2D eigenvalue weighted by atomic mass is 32.2. The molecule has 1 fully saturated rings. The zero-order valence-corrected chi connectivity index (χ0v) is 103. The van der Waals surface area contributed by atoms with Crippen LogP contribution in [0.2, 0.25) is 163 Å². The van der Waals surface area contributed by atoms with Crippen molar-refractivity contribution < 1.29 is 86.3 Å². The molecular formula is C108H199F3N2O16SSi9. The van der Waals surface area contributed by atoms with Gasteiger partial charge in [0.2, 0.25) is 5.12 Å². The Morgan fingerprint density at radius 3 is 1.20 bits per heavy atom. The Morgan fingerprint density at radius 2 is 0.784 bits per heavy atom. The number of fused-ring (bicyclic) bond motifs is 2. The number of cyclic esters (lactones) is 1. The summed E-state index contributed by atoms with van der Waals surface area (Å²) in [5, 5.41) is 2.80. The number of rotatable bonds is 50. The standard InChI is InChI=1S/C108H199F3N2O16SSi9/c1-32-131(33-2,34-3)121-90-76-77-94(124-134(41-10,42-11)43-12)95(125-135(44-13,45-14)46-15)83-92(122-132(35-4,36-5)37-6)80-91-82-97(126-136(47-16,48-17)49-18)100(105(115)130-98-75-71-72-78-112-98)96(119-91)81-89(120-106-104(129-139(56-25,57-26)58-27)101(113-107(116)108(109,110)111)103(88(31)118-106)128-138(53-22,54-23)55-24)74-70-68-66-64-62-60-59-61-63-65-67-69-73-85(28)102(127-137(50-19,51-20)52-21)86(29)87(30)117-99(114)84-93(79-90)123-133(38-7,39-8)40-9/h59-75,78,82,85-90,92-97,100-104,106H,32-58,76-77,79-81,83-84H2,1-31H3,(H,113,116)/b60-59+,63-61+,64-62+,67-65+,68-66+,73-69+,74-70+/t85-,86-,87-,88+,89-,90+,92+,93+,94+,95+,96-,97-,100-,101-,102+,103+,104-,106-/m0/s1. The van der Waals surface area contributed by atoms with Gasteiger partial charge in [-0.1, -0.05) is 292 Å². The Morgan fingerprint density at radius 1 is 0.410 bits per heavy atom. The first kappa shape index (κ1) is 128. The van der Waals surface area contributed by atoms with Gasteiger partial charge in [0.1, 0.15) is 23.3 Å². The van der Waals surface area contributed by atoms with Crippen molar-refractivity contribution in [2.45, 2.75) is 526 Å². The lowest BCUT2D eigenvalue weighted by Gasteiger charge is -2.51. The van der Waals surface area contributed by atoms with E-state index in [0.29, 0.717) is 72.7 Å². The molecule has 0 aliphatic carbocycles. The minimum absolute atomic E-state index is 0.00306. The molecule has 2 bridgehead atoms. The van der Waals surface area contributed by atoms with E-state index in [1.54, 1.807) is 13.1 Å². The van der Waals surface area contributed by atoms with E-state index in [9.17, 15) is 4.79 Å². The molecule has 0 radical (unpaired) electrons. The zero-order chi connectivity index (χ0) is 104. The van der Waals surface area contributed by atoms with Crippen LogP contribution in [0.25, 0.3) is 0 Å². The number of ether oxygens (including phenoxy) is 4. The van der Waals surface area contributed by atoms with Gasteiger partial charge in [0.05, 0.1) is 79.1 Å². The third kappa shape index (κ3) is 38.0. The molecule has 1 aromatic rings. The number of carbonyl (C=O) groups is 3. The number of thioether (sulfide) groups is 1. The molecule has 3 aliphatic rings. The van der Waals surface area contributed by atoms with Crippen LogP contribution in [0.5, 0.6) is 0 Å². The maximum absolute atomic E-state index is 16.4. The van der Waals surface area contributed by atoms with Crippen LogP contribution in [0.15, 0.2) is 126 Å². The molecule has 1 N–H and O–H groups in total. The summed E-state index contributed by atoms with van der Waals surface area (Å²) >= 11 is 1.06. The average molecular weight is 2120 g/mol. The van der Waals surface area contributed by atoms with Gasteiger partial charge in [-0.3, -0.25) is 14.4 Å². The lowest BCUT2D eigenvalue weighted by Crippen LogP contribution is -2.69. The first-order valence-electron chi connectivity index (χ1n) is 55.4. The van der Waals surface area contributed by atoms with Gasteiger partial charge < -0.3 is 64.1 Å². The number of nitrogens with zero attached hydrogens (tertiary/aromatic N) is 1. The number of carbonyl (C=O) groups excluding carboxylic acids is 3. The lowest BCUT2D eigenvalue weighted by atomic mass is 9.89. The van der Waals surface area contributed by atoms with E-state index in [4.69, 9.17) is 63.8 Å². The van der Waals surface area contributed by atoms with Crippen LogP contribution in [0.4, 0.5) is 13.2 Å². The molecule has 0 unspecified atom stereocenters. The molecule has 0 spiro atoms. The van der Waals surface area contributed by atoms with E-state index < -0.39 is 172 Å². The van der Waals surface area contributed by atoms with Crippen LogP contribution in [-0.4, -0.2) is 195 Å². The number of halogens is 3. The fraction of sp³-hybridized carbons (Fsp3) is 0.778. The van der Waals surface area contributed by atoms with Crippen molar-refractivity contribution in [2.24, 2.45) is 17.8 Å². The summed E-state index contributed by atoms with van der Waals surface area (Å²) in [5.41, 5.74) is 0. The highest BCUT2D eigenvalue weighted by Gasteiger charge is 2.56. The van der Waals surface area contributed by atoms with E-state index in [1.165, 1.54) is 0 Å². The van der Waals surface area contributed by atoms with Gasteiger partial charge in [0, 0.05) is 37.5 Å². The quantitative estimate of drug-likeness (QED) is 0.0367. The van der Waals surface area contributed by atoms with Gasteiger partial charge in [0.25, 0.3) is 0 Å². The summed E-state index contributed by atoms with van der Waals surface area (Å²) in [6.45, 7) is 68.6. The summed E-state index contributed by atoms with van der Waals surface area (Å²) < 4.78 is 146. The van der Waals surface area contributed by atoms with Crippen LogP contribution in [-0.2, 0) is 73.2 Å². The highest BCUT2D eigenvalue weighted by Crippen LogP contribution is 2.46. The molecule has 1 aromatic heterocycles. The molecule has 4 heterocycles. The molecular weight excluding hydrogens is 1920 g/mol. The van der Waals surface area contributed by atoms with E-state index in [-0.39, 0.29) is 54.4 Å². The summed E-state index contributed by atoms with van der Waals surface area (Å²) in [5.74, 6) is -2.92. The number of alkyl halides is 3. The van der Waals surface area contributed by atoms with E-state index in [1.807, 2.05) is 91.1 Å². The Hall–Kier alpha value is -2.87. The number of esters is 1. The molecule has 0 saturated carbocycles. The second-order valence-electron chi connectivity index (χ2n) is 40.1. The average Bonchev–Trinajstić information content (AvgIpc) is 0.751. The number of pyridine rings is 1. The van der Waals surface area contributed by atoms with Crippen molar-refractivity contribution in [3.05, 3.63) is 121 Å². The second-order valence-corrected chi connectivity index (χ2v) is 83.7. The van der Waals surface area contributed by atoms with E-state index in [0.717, 1.165) is 139 Å². The van der Waals surface area contributed by atoms with Gasteiger partial charge in [-0.25, -0.2) is 4.98 Å². The molecule has 1 amide bonds. The van der Waals surface area contributed by atoms with Crippen LogP contribution in [0.1, 0.15) is 260 Å². The molecule has 18 atom stereocenters. The first-order valence-corrected chi connectivity index (χ1v) is 79.0. The fourth-order valence-corrected chi connectivity index (χ4v) is 48.3. The monoisotopic (exact) mass is 2120 g/mol. The largest absolute Gasteiger partial charge is 0.494 e. The molecule has 31 heteroatoms. The first-order chi connectivity index (χ1) is 66.2. The molecule has 3 aliphatic heterocycles. The fourth-order valence-electron chi connectivity index (χ4n) is 21.3. The van der Waals surface area contributed by atoms with E-state index >= 15 is 22.8 Å². The highest BCUT2D eigenvalue weighted by molar-refractivity contribution is 8.13. The topological polar surface area (TPSA) is 196 Å². The molecule has 18 nitrogen and oxygen atoms in total. The maximum atomic E-state index is 16.4. The number of hydrogen-bond acceptors (Lipinski definition) is 18. The Bertz CT molecular complexity index is 3790. The minimum Gasteiger partial charge on any atom is -0.494 e. The summed E-state index contributed by atoms with van der Waals surface area (Å²) in [4.78, 5) is 50.6. The van der Waals surface area contributed by atoms with Crippen molar-refractivity contribution in [1.82, 2.24) is 10.3 Å². The number of allylic oxidation sites excluding steroid dienone is 12. The third-order valence-corrected chi connectivity index (χ3v) is 76.6. The zero-order valence-electron chi connectivity index (χ0n) is 92.9. The Kier molecular flexibility index (Phi) is 59.0. The second kappa shape index (κ2) is 63.9. The summed E-state index contributed by atoms with van der Waals surface area (Å²) in [6.07, 6.45) is 18.4. The van der Waals surface area contributed by atoms with Gasteiger partial charge in [-0.2, -0.15) is 13.2 Å². The molecule has 4 rings (SSSR count). The van der Waals surface area contributed by atoms with Gasteiger partial charge in [0.15, 0.2) is 81.1 Å². The summed E-state index contributed by atoms with van der Waals surface area (Å²) in [6, 6.07) is 26.8. The van der Waals surface area contributed by atoms with Gasteiger partial charge in [-0.05, 0) is 232 Å². The van der Waals surface area contributed by atoms with Crippen LogP contribution >= 0.6 is 11.8 Å². The normalized spacial score (nSPS) is 27.7. The molecule has 800 valence electrons. The van der Waals surface area contributed by atoms with Crippen molar-refractivity contribution in [2.75, 3.05) is 0 Å². The number of nitrogens with one attached hydrogen (secondary N) is 1. The van der Waals surface area contributed by atoms with Crippen molar-refractivity contribution in [3.8, 4) is 0 Å². The van der Waals surface area contributed by atoms with Crippen LogP contribution in [0.3, 0.4) is 0 Å². The molecule has 0 aromatic carbocycles. The van der Waals surface area contributed by atoms with E-state index in [2.05, 4.69) is 231 Å². The molecule has 1 saturated heterocycles. The smallest absolute Gasteiger partial charge is 0.471 e. The van der Waals surface area contributed by atoms with Crippen LogP contribution < -0.4 is 5.32 Å². The minimum atomic E-state index is -5.26. The SMILES string of the molecule is CC[Si](CC)(CC)O[C@@H]1CC[C@@H](O[Si](CC)(CC)CC)[C@H](O[Si](CC)(CC)CC)C[C@H](O[Si](CC)(CC)CC)CC2=C[C@H](O[Si](CC)(CC)CC)[C@@H](C(=O)Sc3ccccn3)[C@H](C[C@@H](O[C@@H]3O[C@H](C)[C@@H](O[Si](CC)(CC)CC)[C@H](NC(=O)C(F)(F)F)[C@@H]3O[Si](CC)(CC)CC)/C=C/C=C/C=C/C=C/C=C/C=C/C=C/[C@H](C)[C@@H](O[Si](CC)(CC)CC)[C@@H](C)[C@H](C)OC(=O)C[C@H](O[Si](CC)(CC)CC)C1)O2. The predicted octanol–water partition coefficient (Wildman–Crippen LogP) is 31.1. The number of aromatic nitrogens is 1. The number of hydrogen-bond donors (Lipinski definition) is 1.